The molecule has 0 spiro atoms. The number of benzene rings is 3. The normalized spacial score (nSPS) is 14.9. The summed E-state index contributed by atoms with van der Waals surface area (Å²) in [4.78, 5) is 32.4. The van der Waals surface area contributed by atoms with Gasteiger partial charge < -0.3 is 14.2 Å². The average molecular weight is 638 g/mol. The van der Waals surface area contributed by atoms with E-state index < -0.39 is 12.0 Å². The Bertz CT molecular complexity index is 1880. The molecule has 1 aromatic heterocycles. The zero-order valence-corrected chi connectivity index (χ0v) is 26.4. The van der Waals surface area contributed by atoms with Gasteiger partial charge in [0.2, 0.25) is 0 Å². The predicted molar refractivity (Wildman–Crippen MR) is 170 cm³/mol. The van der Waals surface area contributed by atoms with Crippen molar-refractivity contribution in [2.75, 3.05) is 6.61 Å². The fraction of sp³-hybridized carbons (Fsp3) is 0.242. The quantitative estimate of drug-likeness (QED) is 0.197. The van der Waals surface area contributed by atoms with Gasteiger partial charge in [0.05, 0.1) is 34.6 Å². The first kappa shape index (κ1) is 30.6. The van der Waals surface area contributed by atoms with Crippen LogP contribution in [0.2, 0.25) is 10.0 Å². The number of hydrogen-bond donors (Lipinski definition) is 0. The van der Waals surface area contributed by atoms with Crippen LogP contribution in [-0.2, 0) is 16.1 Å². The van der Waals surface area contributed by atoms with Gasteiger partial charge >= 0.3 is 5.97 Å². The smallest absolute Gasteiger partial charge is 0.338 e. The number of allylic oxidation sites excluding steroid dienone is 1. The van der Waals surface area contributed by atoms with Crippen LogP contribution in [0.4, 0.5) is 0 Å². The number of carbonyl (C=O) groups is 1. The Morgan fingerprint density at radius 2 is 1.81 bits per heavy atom. The topological polar surface area (TPSA) is 79.1 Å². The number of esters is 1. The third-order valence-electron chi connectivity index (χ3n) is 6.66. The number of hydrogen-bond acceptors (Lipinski definition) is 7. The van der Waals surface area contributed by atoms with Gasteiger partial charge in [0, 0.05) is 15.6 Å². The Kier molecular flexibility index (Phi) is 9.40. The van der Waals surface area contributed by atoms with Crippen molar-refractivity contribution in [3.8, 4) is 11.5 Å². The number of ether oxygens (including phenoxy) is 3. The van der Waals surface area contributed by atoms with E-state index in [1.54, 1.807) is 43.5 Å². The second-order valence-corrected chi connectivity index (χ2v) is 12.0. The summed E-state index contributed by atoms with van der Waals surface area (Å²) in [6.07, 6.45) is 1.47. The zero-order valence-electron chi connectivity index (χ0n) is 24.1. The molecular formula is C33H30Cl2N2O5S. The minimum Gasteiger partial charge on any atom is -0.494 e. The summed E-state index contributed by atoms with van der Waals surface area (Å²) in [5.74, 6) is 0.815. The van der Waals surface area contributed by atoms with Crippen molar-refractivity contribution in [3.63, 3.8) is 0 Å². The van der Waals surface area contributed by atoms with Gasteiger partial charge in [0.15, 0.2) is 4.80 Å². The van der Waals surface area contributed by atoms with Crippen molar-refractivity contribution in [2.24, 2.45) is 4.99 Å². The van der Waals surface area contributed by atoms with Gasteiger partial charge in [0.1, 0.15) is 18.1 Å². The van der Waals surface area contributed by atoms with Gasteiger partial charge in [-0.3, -0.25) is 9.36 Å². The molecule has 0 N–H and O–H groups in total. The van der Waals surface area contributed by atoms with Crippen molar-refractivity contribution in [3.05, 3.63) is 124 Å². The molecule has 0 bridgehead atoms. The van der Waals surface area contributed by atoms with E-state index in [-0.39, 0.29) is 18.3 Å². The highest BCUT2D eigenvalue weighted by Gasteiger charge is 2.33. The molecule has 1 atom stereocenters. The number of halogens is 2. The Balaban J connectivity index is 1.53. The molecule has 1 aliphatic heterocycles. The first-order valence-corrected chi connectivity index (χ1v) is 15.3. The van der Waals surface area contributed by atoms with Crippen molar-refractivity contribution in [2.45, 2.75) is 46.4 Å². The Morgan fingerprint density at radius 1 is 1.05 bits per heavy atom. The predicted octanol–water partition coefficient (Wildman–Crippen LogP) is 6.47. The molecule has 43 heavy (non-hydrogen) atoms. The fourth-order valence-corrected chi connectivity index (χ4v) is 6.24. The standard InChI is InChI=1S/C33H30Cl2N2O5S/c1-5-40-25-13-10-22(11-14-25)30-29(32(39)42-19(2)3)20(4)36-33-37(30)31(38)28(43-33)16-21-7-6-8-26(15-21)41-18-23-9-12-24(34)17-27(23)35/h6-17,19,30H,5,18H2,1-4H3/b28-16+/t30-/m1/s1. The lowest BCUT2D eigenvalue weighted by Crippen LogP contribution is -2.40. The number of fused-ring (bicyclic) bond motifs is 1. The fourth-order valence-electron chi connectivity index (χ4n) is 4.73. The Labute approximate surface area is 263 Å². The maximum atomic E-state index is 14.0. The van der Waals surface area contributed by atoms with Gasteiger partial charge in [-0.15, -0.1) is 0 Å². The number of nitrogens with zero attached hydrogens (tertiary/aromatic N) is 2. The first-order valence-electron chi connectivity index (χ1n) is 13.8. The van der Waals surface area contributed by atoms with E-state index in [1.807, 2.05) is 61.5 Å². The highest BCUT2D eigenvalue weighted by molar-refractivity contribution is 7.07. The maximum absolute atomic E-state index is 14.0. The molecule has 0 saturated carbocycles. The third kappa shape index (κ3) is 6.88. The molecule has 3 aromatic carbocycles. The number of carbonyl (C=O) groups excluding carboxylic acids is 1. The second-order valence-electron chi connectivity index (χ2n) is 10.1. The van der Waals surface area contributed by atoms with Crippen molar-refractivity contribution in [1.82, 2.24) is 4.57 Å². The maximum Gasteiger partial charge on any atom is 0.338 e. The van der Waals surface area contributed by atoms with Crippen LogP contribution in [0.25, 0.3) is 6.08 Å². The third-order valence-corrected chi connectivity index (χ3v) is 8.23. The number of rotatable bonds is 9. The molecule has 4 aromatic rings. The van der Waals surface area contributed by atoms with Crippen molar-refractivity contribution in [1.29, 1.82) is 0 Å². The highest BCUT2D eigenvalue weighted by atomic mass is 35.5. The summed E-state index contributed by atoms with van der Waals surface area (Å²) in [5, 5.41) is 1.08. The molecule has 5 rings (SSSR count). The molecule has 0 aliphatic carbocycles. The lowest BCUT2D eigenvalue weighted by atomic mass is 9.96. The monoisotopic (exact) mass is 636 g/mol. The Morgan fingerprint density at radius 3 is 2.51 bits per heavy atom. The lowest BCUT2D eigenvalue weighted by molar-refractivity contribution is -0.143. The van der Waals surface area contributed by atoms with Crippen LogP contribution in [0.3, 0.4) is 0 Å². The van der Waals surface area contributed by atoms with E-state index in [1.165, 1.54) is 11.3 Å². The van der Waals surface area contributed by atoms with Gasteiger partial charge in [-0.1, -0.05) is 64.9 Å². The van der Waals surface area contributed by atoms with Gasteiger partial charge in [0.25, 0.3) is 5.56 Å². The number of aromatic nitrogens is 1. The van der Waals surface area contributed by atoms with Crippen LogP contribution < -0.4 is 24.4 Å². The van der Waals surface area contributed by atoms with E-state index in [4.69, 9.17) is 37.4 Å². The van der Waals surface area contributed by atoms with Crippen molar-refractivity contribution < 1.29 is 19.0 Å². The van der Waals surface area contributed by atoms with Crippen molar-refractivity contribution >= 4 is 46.6 Å². The van der Waals surface area contributed by atoms with E-state index in [2.05, 4.69) is 4.99 Å². The SMILES string of the molecule is CCOc1ccc([C@@H]2C(C(=O)OC(C)C)=C(C)N=c3s/c(=C/c4cccc(OCc5ccc(Cl)cc5Cl)c4)c(=O)n32)cc1. The highest BCUT2D eigenvalue weighted by Crippen LogP contribution is 2.32. The summed E-state index contributed by atoms with van der Waals surface area (Å²) in [6.45, 7) is 8.05. The summed E-state index contributed by atoms with van der Waals surface area (Å²) >= 11 is 13.6. The molecule has 10 heteroatoms. The minimum atomic E-state index is -0.709. The van der Waals surface area contributed by atoms with E-state index in [0.717, 1.165) is 16.7 Å². The average Bonchev–Trinajstić information content (AvgIpc) is 3.26. The molecule has 0 unspecified atom stereocenters. The molecule has 222 valence electrons. The van der Waals surface area contributed by atoms with Gasteiger partial charge in [-0.05, 0) is 81.3 Å². The summed E-state index contributed by atoms with van der Waals surface area (Å²) in [5.41, 5.74) is 2.90. The molecule has 0 amide bonds. The van der Waals surface area contributed by atoms with Crippen LogP contribution in [0, 0.1) is 0 Å². The molecule has 0 saturated heterocycles. The summed E-state index contributed by atoms with van der Waals surface area (Å²) < 4.78 is 19.2. The van der Waals surface area contributed by atoms with Crippen LogP contribution in [-0.4, -0.2) is 23.2 Å². The lowest BCUT2D eigenvalue weighted by Gasteiger charge is -2.25. The van der Waals surface area contributed by atoms with Gasteiger partial charge in [-0.2, -0.15) is 0 Å². The minimum absolute atomic E-state index is 0.260. The molecule has 0 radical (unpaired) electrons. The first-order chi connectivity index (χ1) is 20.6. The summed E-state index contributed by atoms with van der Waals surface area (Å²) in [6, 6.07) is 19.4. The van der Waals surface area contributed by atoms with Gasteiger partial charge in [-0.25, -0.2) is 9.79 Å². The largest absolute Gasteiger partial charge is 0.494 e. The van der Waals surface area contributed by atoms with Crippen LogP contribution in [0.15, 0.2) is 87.8 Å². The second kappa shape index (κ2) is 13.2. The molecule has 7 nitrogen and oxygen atoms in total. The molecule has 0 fully saturated rings. The number of thiazole rings is 1. The van der Waals surface area contributed by atoms with E-state index in [0.29, 0.717) is 48.8 Å². The van der Waals surface area contributed by atoms with Crippen LogP contribution >= 0.6 is 34.5 Å². The van der Waals surface area contributed by atoms with E-state index in [9.17, 15) is 9.59 Å². The Hall–Kier alpha value is -3.85. The van der Waals surface area contributed by atoms with E-state index >= 15 is 0 Å². The molecule has 1 aliphatic rings. The zero-order chi connectivity index (χ0) is 30.7. The van der Waals surface area contributed by atoms with Crippen LogP contribution in [0.1, 0.15) is 50.4 Å². The molecule has 2 heterocycles. The van der Waals surface area contributed by atoms with Crippen LogP contribution in [0.5, 0.6) is 11.5 Å². The summed E-state index contributed by atoms with van der Waals surface area (Å²) in [7, 11) is 0. The molecular weight excluding hydrogens is 607 g/mol.